The molecule has 0 aliphatic carbocycles. The summed E-state index contributed by atoms with van der Waals surface area (Å²) < 4.78 is 10.5. The zero-order valence-electron chi connectivity index (χ0n) is 15.4. The van der Waals surface area contributed by atoms with E-state index in [1.54, 1.807) is 4.90 Å². The van der Waals surface area contributed by atoms with Crippen LogP contribution >= 0.6 is 0 Å². The maximum atomic E-state index is 12.9. The van der Waals surface area contributed by atoms with Crippen LogP contribution in [0.1, 0.15) is 23.2 Å². The van der Waals surface area contributed by atoms with Crippen LogP contribution in [0, 0.1) is 15.5 Å². The Balaban J connectivity index is 1.85. The molecule has 10 heteroatoms. The van der Waals surface area contributed by atoms with Gasteiger partial charge >= 0.3 is 5.97 Å². The SMILES string of the molecule is O=C(NCC1(C(=O)O)CCOCC1)c1cccc([N+](=O)[O-])c1N1CCOCC1. The first-order chi connectivity index (χ1) is 13.4. The Hall–Kier alpha value is -2.72. The Morgan fingerprint density at radius 2 is 1.82 bits per heavy atom. The molecular formula is C18H23N3O7. The summed E-state index contributed by atoms with van der Waals surface area (Å²) in [5.74, 6) is -1.51. The molecule has 0 atom stereocenters. The van der Waals surface area contributed by atoms with Crippen molar-refractivity contribution in [2.45, 2.75) is 12.8 Å². The predicted molar refractivity (Wildman–Crippen MR) is 98.6 cm³/mol. The van der Waals surface area contributed by atoms with Crippen molar-refractivity contribution in [3.8, 4) is 0 Å². The Labute approximate surface area is 161 Å². The molecule has 0 aromatic heterocycles. The van der Waals surface area contributed by atoms with Gasteiger partial charge in [0.15, 0.2) is 0 Å². The summed E-state index contributed by atoms with van der Waals surface area (Å²) in [6.45, 7) is 2.26. The van der Waals surface area contributed by atoms with E-state index in [0.717, 1.165) is 0 Å². The molecule has 2 aliphatic rings. The molecule has 0 spiro atoms. The number of para-hydroxylation sites is 1. The number of benzene rings is 1. The van der Waals surface area contributed by atoms with Gasteiger partial charge in [-0.05, 0) is 18.9 Å². The van der Waals surface area contributed by atoms with E-state index in [0.29, 0.717) is 52.4 Å². The summed E-state index contributed by atoms with van der Waals surface area (Å²) in [6, 6.07) is 4.34. The van der Waals surface area contributed by atoms with Crippen molar-refractivity contribution in [1.29, 1.82) is 0 Å². The lowest BCUT2D eigenvalue weighted by Crippen LogP contribution is -2.47. The lowest BCUT2D eigenvalue weighted by molar-refractivity contribution is -0.384. The number of rotatable bonds is 6. The van der Waals surface area contributed by atoms with E-state index in [1.165, 1.54) is 18.2 Å². The second kappa shape index (κ2) is 8.53. The van der Waals surface area contributed by atoms with Crippen molar-refractivity contribution >= 4 is 23.3 Å². The van der Waals surface area contributed by atoms with Gasteiger partial charge in [-0.1, -0.05) is 6.07 Å². The van der Waals surface area contributed by atoms with E-state index in [-0.39, 0.29) is 23.5 Å². The van der Waals surface area contributed by atoms with Crippen LogP contribution in [0.4, 0.5) is 11.4 Å². The van der Waals surface area contributed by atoms with Crippen molar-refractivity contribution in [2.75, 3.05) is 51.0 Å². The zero-order valence-corrected chi connectivity index (χ0v) is 15.4. The van der Waals surface area contributed by atoms with Crippen LogP contribution in [0.3, 0.4) is 0 Å². The standard InChI is InChI=1S/C18H23N3O7/c22-16(19-12-18(17(23)24)4-8-27-9-5-18)13-2-1-3-14(21(25)26)15(13)20-6-10-28-11-7-20/h1-3H,4-12H2,(H,19,22)(H,23,24). The third-order valence-electron chi connectivity index (χ3n) is 5.27. The van der Waals surface area contributed by atoms with Gasteiger partial charge in [0.1, 0.15) is 5.69 Å². The quantitative estimate of drug-likeness (QED) is 0.541. The second-order valence-corrected chi connectivity index (χ2v) is 6.91. The normalized spacial score (nSPS) is 19.1. The van der Waals surface area contributed by atoms with Crippen LogP contribution < -0.4 is 10.2 Å². The third kappa shape index (κ3) is 4.07. The number of aliphatic carboxylic acids is 1. The highest BCUT2D eigenvalue weighted by molar-refractivity contribution is 6.02. The van der Waals surface area contributed by atoms with E-state index in [9.17, 15) is 24.8 Å². The highest BCUT2D eigenvalue weighted by Crippen LogP contribution is 2.34. The Kier molecular flexibility index (Phi) is 6.10. The van der Waals surface area contributed by atoms with Gasteiger partial charge in [0, 0.05) is 38.9 Å². The van der Waals surface area contributed by atoms with Gasteiger partial charge in [-0.3, -0.25) is 19.7 Å². The van der Waals surface area contributed by atoms with Gasteiger partial charge < -0.3 is 24.8 Å². The van der Waals surface area contributed by atoms with Crippen molar-refractivity contribution < 1.29 is 29.1 Å². The number of hydrogen-bond acceptors (Lipinski definition) is 7. The predicted octanol–water partition coefficient (Wildman–Crippen LogP) is 1.04. The number of nitro groups is 1. The molecule has 0 radical (unpaired) electrons. The first-order valence-electron chi connectivity index (χ1n) is 9.14. The number of ether oxygens (including phenoxy) is 2. The van der Waals surface area contributed by atoms with Crippen molar-refractivity contribution in [2.24, 2.45) is 5.41 Å². The van der Waals surface area contributed by atoms with Crippen LogP contribution in [-0.2, 0) is 14.3 Å². The van der Waals surface area contributed by atoms with Crippen LogP contribution in [0.25, 0.3) is 0 Å². The number of morpholine rings is 1. The maximum absolute atomic E-state index is 12.9. The minimum Gasteiger partial charge on any atom is -0.481 e. The number of carbonyl (C=O) groups is 2. The first-order valence-corrected chi connectivity index (χ1v) is 9.14. The van der Waals surface area contributed by atoms with Gasteiger partial charge in [0.25, 0.3) is 11.6 Å². The average Bonchev–Trinajstić information content (AvgIpc) is 2.72. The zero-order chi connectivity index (χ0) is 20.1. The summed E-state index contributed by atoms with van der Waals surface area (Å²) in [5, 5.41) is 23.8. The van der Waals surface area contributed by atoms with Gasteiger partial charge in [-0.2, -0.15) is 0 Å². The fraction of sp³-hybridized carbons (Fsp3) is 0.556. The number of carboxylic acid groups (broad SMARTS) is 1. The maximum Gasteiger partial charge on any atom is 0.311 e. The topological polar surface area (TPSA) is 131 Å². The monoisotopic (exact) mass is 393 g/mol. The van der Waals surface area contributed by atoms with Crippen LogP contribution in [-0.4, -0.2) is 68.0 Å². The number of carbonyl (C=O) groups excluding carboxylic acids is 1. The van der Waals surface area contributed by atoms with Gasteiger partial charge in [-0.15, -0.1) is 0 Å². The second-order valence-electron chi connectivity index (χ2n) is 6.91. The van der Waals surface area contributed by atoms with Crippen LogP contribution in [0.15, 0.2) is 18.2 Å². The molecule has 152 valence electrons. The largest absolute Gasteiger partial charge is 0.481 e. The number of amides is 1. The molecule has 28 heavy (non-hydrogen) atoms. The van der Waals surface area contributed by atoms with Crippen molar-refractivity contribution in [3.63, 3.8) is 0 Å². The first kappa shape index (κ1) is 20.0. The molecule has 2 saturated heterocycles. The number of anilines is 1. The molecule has 0 unspecified atom stereocenters. The summed E-state index contributed by atoms with van der Waals surface area (Å²) in [5.41, 5.74) is -0.852. The van der Waals surface area contributed by atoms with E-state index >= 15 is 0 Å². The van der Waals surface area contributed by atoms with Gasteiger partial charge in [0.2, 0.25) is 0 Å². The molecule has 2 aliphatic heterocycles. The molecule has 0 saturated carbocycles. The number of hydrogen-bond donors (Lipinski definition) is 2. The summed E-state index contributed by atoms with van der Waals surface area (Å²) in [4.78, 5) is 37.4. The molecule has 3 rings (SSSR count). The molecule has 10 nitrogen and oxygen atoms in total. The highest BCUT2D eigenvalue weighted by atomic mass is 16.6. The van der Waals surface area contributed by atoms with Crippen LogP contribution in [0.5, 0.6) is 0 Å². The number of nitro benzene ring substituents is 1. The lowest BCUT2D eigenvalue weighted by Gasteiger charge is -2.33. The van der Waals surface area contributed by atoms with E-state index < -0.39 is 22.2 Å². The lowest BCUT2D eigenvalue weighted by atomic mass is 9.80. The van der Waals surface area contributed by atoms with E-state index in [2.05, 4.69) is 5.32 Å². The fourth-order valence-electron chi connectivity index (χ4n) is 3.55. The highest BCUT2D eigenvalue weighted by Gasteiger charge is 2.41. The minimum atomic E-state index is -1.09. The summed E-state index contributed by atoms with van der Waals surface area (Å²) in [6.07, 6.45) is 0.599. The summed E-state index contributed by atoms with van der Waals surface area (Å²) in [7, 11) is 0. The number of nitrogens with one attached hydrogen (secondary N) is 1. The Morgan fingerprint density at radius 1 is 1.18 bits per heavy atom. The Bertz CT molecular complexity index is 756. The van der Waals surface area contributed by atoms with Crippen molar-refractivity contribution in [3.05, 3.63) is 33.9 Å². The molecular weight excluding hydrogens is 370 g/mol. The minimum absolute atomic E-state index is 0.0598. The third-order valence-corrected chi connectivity index (χ3v) is 5.27. The van der Waals surface area contributed by atoms with Gasteiger partial charge in [0.05, 0.1) is 29.1 Å². The molecule has 1 aromatic carbocycles. The smallest absolute Gasteiger partial charge is 0.311 e. The van der Waals surface area contributed by atoms with Gasteiger partial charge in [-0.25, -0.2) is 0 Å². The molecule has 2 N–H and O–H groups in total. The van der Waals surface area contributed by atoms with Crippen LogP contribution in [0.2, 0.25) is 0 Å². The van der Waals surface area contributed by atoms with E-state index in [4.69, 9.17) is 9.47 Å². The van der Waals surface area contributed by atoms with E-state index in [1.807, 2.05) is 0 Å². The summed E-state index contributed by atoms with van der Waals surface area (Å²) >= 11 is 0. The van der Waals surface area contributed by atoms with Crippen molar-refractivity contribution in [1.82, 2.24) is 5.32 Å². The molecule has 0 bridgehead atoms. The molecule has 1 aromatic rings. The number of nitrogens with zero attached hydrogens (tertiary/aromatic N) is 2. The molecule has 1 amide bonds. The number of carboxylic acids is 1. The molecule has 2 fully saturated rings. The molecule has 2 heterocycles. The average molecular weight is 393 g/mol. The Morgan fingerprint density at radius 3 is 2.43 bits per heavy atom. The fourth-order valence-corrected chi connectivity index (χ4v) is 3.55.